The molecule has 0 saturated heterocycles. The van der Waals surface area contributed by atoms with Crippen LogP contribution in [0.2, 0.25) is 5.02 Å². The highest BCUT2D eigenvalue weighted by Crippen LogP contribution is 2.22. The lowest BCUT2D eigenvalue weighted by atomic mass is 10.1. The van der Waals surface area contributed by atoms with E-state index >= 15 is 0 Å². The van der Waals surface area contributed by atoms with Gasteiger partial charge in [0.25, 0.3) is 0 Å². The molecule has 0 radical (unpaired) electrons. The van der Waals surface area contributed by atoms with Gasteiger partial charge in [0.1, 0.15) is 0 Å². The molecule has 0 fully saturated rings. The van der Waals surface area contributed by atoms with Crippen molar-refractivity contribution in [3.05, 3.63) is 62.2 Å². The summed E-state index contributed by atoms with van der Waals surface area (Å²) in [6.45, 7) is 0.680. The molecule has 104 valence electrons. The van der Waals surface area contributed by atoms with Gasteiger partial charge in [0.2, 0.25) is 0 Å². The fraction of sp³-hybridized carbons (Fsp3) is 0.133. The number of carbonyl (C=O) groups excluding carboxylic acids is 1. The van der Waals surface area contributed by atoms with Crippen LogP contribution in [0.3, 0.4) is 0 Å². The van der Waals surface area contributed by atoms with Crippen LogP contribution >= 0.6 is 34.2 Å². The molecule has 0 aliphatic carbocycles. The summed E-state index contributed by atoms with van der Waals surface area (Å²) < 4.78 is 5.73. The van der Waals surface area contributed by atoms with Crippen molar-refractivity contribution in [3.8, 4) is 0 Å². The van der Waals surface area contributed by atoms with Crippen molar-refractivity contribution in [1.82, 2.24) is 0 Å². The zero-order chi connectivity index (χ0) is 14.5. The van der Waals surface area contributed by atoms with Crippen molar-refractivity contribution in [2.75, 3.05) is 12.4 Å². The Morgan fingerprint density at radius 1 is 1.25 bits per heavy atom. The third kappa shape index (κ3) is 3.86. The quantitative estimate of drug-likeness (QED) is 0.612. The summed E-state index contributed by atoms with van der Waals surface area (Å²) in [7, 11) is 1.38. The highest BCUT2D eigenvalue weighted by molar-refractivity contribution is 14.1. The molecular formula is C15H13ClINO2. The normalized spacial score (nSPS) is 10.2. The average molecular weight is 402 g/mol. The summed E-state index contributed by atoms with van der Waals surface area (Å²) in [6, 6.07) is 13.0. The molecule has 0 aliphatic heterocycles. The van der Waals surface area contributed by atoms with E-state index in [1.54, 1.807) is 12.1 Å². The lowest BCUT2D eigenvalue weighted by Gasteiger charge is -2.09. The van der Waals surface area contributed by atoms with Gasteiger partial charge in [0.15, 0.2) is 0 Å². The highest BCUT2D eigenvalue weighted by Gasteiger charge is 2.05. The number of hydrogen-bond donors (Lipinski definition) is 1. The van der Waals surface area contributed by atoms with Crippen LogP contribution in [0.25, 0.3) is 0 Å². The SMILES string of the molecule is COC(=O)c1ccc(CNc2ccc(Cl)cc2I)cc1. The van der Waals surface area contributed by atoms with Crippen LogP contribution in [0.15, 0.2) is 42.5 Å². The van der Waals surface area contributed by atoms with Crippen molar-refractivity contribution in [1.29, 1.82) is 0 Å². The van der Waals surface area contributed by atoms with Crippen LogP contribution in [0, 0.1) is 3.57 Å². The van der Waals surface area contributed by atoms with E-state index in [2.05, 4.69) is 32.6 Å². The lowest BCUT2D eigenvalue weighted by molar-refractivity contribution is 0.0600. The molecule has 0 atom stereocenters. The van der Waals surface area contributed by atoms with Gasteiger partial charge in [0, 0.05) is 20.8 Å². The summed E-state index contributed by atoms with van der Waals surface area (Å²) in [5.74, 6) is -0.322. The predicted molar refractivity (Wildman–Crippen MR) is 89.3 cm³/mol. The molecule has 5 heteroatoms. The van der Waals surface area contributed by atoms with E-state index in [0.717, 1.165) is 19.8 Å². The molecule has 0 unspecified atom stereocenters. The molecule has 0 aliphatic rings. The largest absolute Gasteiger partial charge is 0.465 e. The van der Waals surface area contributed by atoms with E-state index in [9.17, 15) is 4.79 Å². The molecule has 1 N–H and O–H groups in total. The van der Waals surface area contributed by atoms with Gasteiger partial charge in [0.05, 0.1) is 12.7 Å². The van der Waals surface area contributed by atoms with Crippen LogP contribution in [0.4, 0.5) is 5.69 Å². The highest BCUT2D eigenvalue weighted by atomic mass is 127. The molecule has 2 rings (SSSR count). The zero-order valence-electron chi connectivity index (χ0n) is 10.8. The Labute approximate surface area is 136 Å². The van der Waals surface area contributed by atoms with E-state index in [4.69, 9.17) is 11.6 Å². The summed E-state index contributed by atoms with van der Waals surface area (Å²) in [6.07, 6.45) is 0. The number of halogens is 2. The van der Waals surface area contributed by atoms with Crippen LogP contribution in [0.1, 0.15) is 15.9 Å². The summed E-state index contributed by atoms with van der Waals surface area (Å²) in [5.41, 5.74) is 2.67. The predicted octanol–water partition coefficient (Wildman–Crippen LogP) is 4.34. The van der Waals surface area contributed by atoms with Crippen molar-refractivity contribution in [3.63, 3.8) is 0 Å². The summed E-state index contributed by atoms with van der Waals surface area (Å²) >= 11 is 8.16. The van der Waals surface area contributed by atoms with E-state index in [0.29, 0.717) is 12.1 Å². The van der Waals surface area contributed by atoms with Crippen molar-refractivity contribution in [2.24, 2.45) is 0 Å². The number of methoxy groups -OCH3 is 1. The average Bonchev–Trinajstić information content (AvgIpc) is 2.46. The first-order chi connectivity index (χ1) is 9.60. The molecule has 20 heavy (non-hydrogen) atoms. The molecule has 0 saturated carbocycles. The first-order valence-electron chi connectivity index (χ1n) is 5.96. The Morgan fingerprint density at radius 3 is 2.55 bits per heavy atom. The number of anilines is 1. The standard InChI is InChI=1S/C15H13ClINO2/c1-20-15(19)11-4-2-10(3-5-11)9-18-14-7-6-12(16)8-13(14)17/h2-8,18H,9H2,1H3. The van der Waals surface area contributed by atoms with Gasteiger partial charge < -0.3 is 10.1 Å². The van der Waals surface area contributed by atoms with E-state index < -0.39 is 0 Å². The minimum atomic E-state index is -0.322. The number of carbonyl (C=O) groups is 1. The first kappa shape index (κ1) is 15.1. The molecule has 0 spiro atoms. The fourth-order valence-electron chi connectivity index (χ4n) is 1.71. The van der Waals surface area contributed by atoms with Gasteiger partial charge in [-0.1, -0.05) is 23.7 Å². The molecule has 0 bridgehead atoms. The van der Waals surface area contributed by atoms with E-state index in [1.807, 2.05) is 30.3 Å². The number of rotatable bonds is 4. The second-order valence-corrected chi connectivity index (χ2v) is 5.76. The second-order valence-electron chi connectivity index (χ2n) is 4.17. The Hall–Kier alpha value is -1.27. The molecule has 2 aromatic rings. The maximum absolute atomic E-state index is 11.3. The fourth-order valence-corrected chi connectivity index (χ4v) is 2.77. The van der Waals surface area contributed by atoms with Gasteiger partial charge in [-0.25, -0.2) is 4.79 Å². The third-order valence-corrected chi connectivity index (χ3v) is 3.92. The van der Waals surface area contributed by atoms with Gasteiger partial charge in [-0.05, 0) is 58.5 Å². The molecule has 3 nitrogen and oxygen atoms in total. The minimum Gasteiger partial charge on any atom is -0.465 e. The van der Waals surface area contributed by atoms with Crippen LogP contribution < -0.4 is 5.32 Å². The molecule has 0 aromatic heterocycles. The molecule has 2 aromatic carbocycles. The third-order valence-electron chi connectivity index (χ3n) is 2.79. The Kier molecular flexibility index (Phi) is 5.25. The topological polar surface area (TPSA) is 38.3 Å². The van der Waals surface area contributed by atoms with E-state index in [1.165, 1.54) is 7.11 Å². The Balaban J connectivity index is 2.02. The number of nitrogens with one attached hydrogen (secondary N) is 1. The summed E-state index contributed by atoms with van der Waals surface area (Å²) in [4.78, 5) is 11.3. The van der Waals surface area contributed by atoms with Gasteiger partial charge in [-0.2, -0.15) is 0 Å². The Bertz CT molecular complexity index is 614. The lowest BCUT2D eigenvalue weighted by Crippen LogP contribution is -2.03. The van der Waals surface area contributed by atoms with Crippen molar-refractivity contribution >= 4 is 45.8 Å². The zero-order valence-corrected chi connectivity index (χ0v) is 13.7. The maximum Gasteiger partial charge on any atom is 0.337 e. The van der Waals surface area contributed by atoms with Gasteiger partial charge in [-0.15, -0.1) is 0 Å². The second kappa shape index (κ2) is 6.95. The smallest absolute Gasteiger partial charge is 0.337 e. The maximum atomic E-state index is 11.3. The first-order valence-corrected chi connectivity index (χ1v) is 7.42. The number of hydrogen-bond acceptors (Lipinski definition) is 3. The number of esters is 1. The van der Waals surface area contributed by atoms with Gasteiger partial charge >= 0.3 is 5.97 Å². The minimum absolute atomic E-state index is 0.322. The van der Waals surface area contributed by atoms with Crippen LogP contribution in [0.5, 0.6) is 0 Å². The molecule has 0 amide bonds. The van der Waals surface area contributed by atoms with E-state index in [-0.39, 0.29) is 5.97 Å². The molecule has 0 heterocycles. The van der Waals surface area contributed by atoms with Crippen molar-refractivity contribution in [2.45, 2.75) is 6.54 Å². The number of benzene rings is 2. The van der Waals surface area contributed by atoms with Crippen molar-refractivity contribution < 1.29 is 9.53 Å². The molecular weight excluding hydrogens is 389 g/mol. The summed E-state index contributed by atoms with van der Waals surface area (Å²) in [5, 5.41) is 4.06. The Morgan fingerprint density at radius 2 is 1.95 bits per heavy atom. The number of ether oxygens (including phenoxy) is 1. The van der Waals surface area contributed by atoms with Crippen LogP contribution in [-0.4, -0.2) is 13.1 Å². The van der Waals surface area contributed by atoms with Crippen LogP contribution in [-0.2, 0) is 11.3 Å². The van der Waals surface area contributed by atoms with Gasteiger partial charge in [-0.3, -0.25) is 0 Å². The monoisotopic (exact) mass is 401 g/mol.